The Bertz CT molecular complexity index is 2900. The maximum Gasteiger partial charge on any atom is 0.164 e. The molecule has 7 aromatic carbocycles. The topological polar surface area (TPSA) is 77.6 Å². The lowest BCUT2D eigenvalue weighted by molar-refractivity contribution is 0.669. The number of hydrogen-bond acceptors (Lipinski definition) is 6. The van der Waals surface area contributed by atoms with E-state index < -0.39 is 0 Å². The number of fused-ring (bicyclic) bond motifs is 3. The van der Waals surface area contributed by atoms with Crippen molar-refractivity contribution in [1.29, 1.82) is 0 Å². The Morgan fingerprint density at radius 2 is 0.691 bits per heavy atom. The van der Waals surface area contributed by atoms with Gasteiger partial charge in [-0.1, -0.05) is 158 Å². The van der Waals surface area contributed by atoms with Gasteiger partial charge in [0.25, 0.3) is 0 Å². The van der Waals surface area contributed by atoms with Crippen molar-refractivity contribution in [2.45, 2.75) is 0 Å². The van der Waals surface area contributed by atoms with Crippen LogP contribution in [-0.2, 0) is 0 Å². The lowest BCUT2D eigenvalue weighted by Crippen LogP contribution is -2.00. The molecule has 0 unspecified atom stereocenters. The van der Waals surface area contributed by atoms with E-state index in [0.717, 1.165) is 77.8 Å². The van der Waals surface area contributed by atoms with E-state index in [1.807, 2.05) is 115 Å². The summed E-state index contributed by atoms with van der Waals surface area (Å²) in [4.78, 5) is 24.9. The van der Waals surface area contributed by atoms with E-state index in [1.165, 1.54) is 0 Å². The van der Waals surface area contributed by atoms with Gasteiger partial charge < -0.3 is 4.42 Å². The predicted molar refractivity (Wildman–Crippen MR) is 221 cm³/mol. The molecule has 0 aliphatic rings. The number of rotatable bonds is 7. The van der Waals surface area contributed by atoms with Crippen molar-refractivity contribution in [3.05, 3.63) is 188 Å². The van der Waals surface area contributed by atoms with Crippen LogP contribution in [0.15, 0.2) is 192 Å². The van der Waals surface area contributed by atoms with Crippen molar-refractivity contribution in [3.63, 3.8) is 0 Å². The number of benzene rings is 7. The number of nitrogens with zero attached hydrogens (tertiary/aromatic N) is 5. The first kappa shape index (κ1) is 32.1. The summed E-state index contributed by atoms with van der Waals surface area (Å²) in [5.41, 5.74) is 11.2. The molecule has 0 aliphatic heterocycles. The third-order valence-corrected chi connectivity index (χ3v) is 9.77. The smallest absolute Gasteiger partial charge is 0.164 e. The first-order valence-electron chi connectivity index (χ1n) is 18.2. The minimum Gasteiger partial charge on any atom is -0.456 e. The summed E-state index contributed by atoms with van der Waals surface area (Å²) in [5.74, 6) is 2.47. The van der Waals surface area contributed by atoms with E-state index in [-0.39, 0.29) is 0 Å². The molecule has 0 aliphatic carbocycles. The highest BCUT2D eigenvalue weighted by molar-refractivity contribution is 6.05. The fourth-order valence-corrected chi connectivity index (χ4v) is 6.95. The Balaban J connectivity index is 1.02. The molecule has 0 bridgehead atoms. The molecule has 55 heavy (non-hydrogen) atoms. The van der Waals surface area contributed by atoms with E-state index >= 15 is 0 Å². The average Bonchev–Trinajstić information content (AvgIpc) is 3.65. The first-order valence-corrected chi connectivity index (χ1v) is 18.2. The van der Waals surface area contributed by atoms with Crippen LogP contribution in [0, 0.1) is 0 Å². The van der Waals surface area contributed by atoms with Gasteiger partial charge in [-0.3, -0.25) is 0 Å². The Morgan fingerprint density at radius 3 is 1.35 bits per heavy atom. The first-order chi connectivity index (χ1) is 27.2. The summed E-state index contributed by atoms with van der Waals surface area (Å²) >= 11 is 0. The molecule has 10 rings (SSSR count). The van der Waals surface area contributed by atoms with Crippen LogP contribution in [0.1, 0.15) is 0 Å². The summed E-state index contributed by atoms with van der Waals surface area (Å²) in [5, 5.41) is 2.14. The van der Waals surface area contributed by atoms with Crippen molar-refractivity contribution < 1.29 is 4.42 Å². The Morgan fingerprint density at radius 1 is 0.255 bits per heavy atom. The predicted octanol–water partition coefficient (Wildman–Crippen LogP) is 12.2. The van der Waals surface area contributed by atoms with Gasteiger partial charge in [-0.25, -0.2) is 24.9 Å². The summed E-state index contributed by atoms with van der Waals surface area (Å²) < 4.78 is 6.22. The van der Waals surface area contributed by atoms with Gasteiger partial charge >= 0.3 is 0 Å². The fourth-order valence-electron chi connectivity index (χ4n) is 6.95. The standard InChI is InChI=1S/C49H31N5O/c1-4-13-33(14-5-1)42-31-43(51-46(50-42)35-15-6-2-7-16-35)34-25-23-32(24-26-34)37-19-12-20-38(29-37)48-52-47(36-17-8-3-9-18-36)53-49(54-48)39-27-28-41-40-21-10-11-22-44(40)55-45(41)30-39/h1-31H. The number of hydrogen-bond donors (Lipinski definition) is 0. The molecule has 0 radical (unpaired) electrons. The number of para-hydroxylation sites is 1. The highest BCUT2D eigenvalue weighted by atomic mass is 16.3. The van der Waals surface area contributed by atoms with Gasteiger partial charge in [-0.05, 0) is 41.5 Å². The molecule has 10 aromatic rings. The zero-order valence-corrected chi connectivity index (χ0v) is 29.5. The van der Waals surface area contributed by atoms with Crippen LogP contribution in [-0.4, -0.2) is 24.9 Å². The van der Waals surface area contributed by atoms with Crippen LogP contribution < -0.4 is 0 Å². The summed E-state index contributed by atoms with van der Waals surface area (Å²) in [6, 6.07) is 63.5. The molecule has 0 saturated carbocycles. The average molecular weight is 706 g/mol. The molecule has 0 spiro atoms. The van der Waals surface area contributed by atoms with Crippen molar-refractivity contribution in [3.8, 4) is 79.2 Å². The highest BCUT2D eigenvalue weighted by Crippen LogP contribution is 2.34. The maximum atomic E-state index is 6.22. The second-order valence-electron chi connectivity index (χ2n) is 13.3. The normalized spacial score (nSPS) is 11.3. The van der Waals surface area contributed by atoms with Gasteiger partial charge in [0, 0.05) is 44.2 Å². The largest absolute Gasteiger partial charge is 0.456 e. The minimum atomic E-state index is 0.579. The molecule has 6 nitrogen and oxygen atoms in total. The van der Waals surface area contributed by atoms with Gasteiger partial charge in [0.2, 0.25) is 0 Å². The van der Waals surface area contributed by atoms with Crippen molar-refractivity contribution in [1.82, 2.24) is 24.9 Å². The number of furan rings is 1. The van der Waals surface area contributed by atoms with E-state index in [2.05, 4.69) is 72.8 Å². The van der Waals surface area contributed by atoms with Gasteiger partial charge in [0.05, 0.1) is 11.4 Å². The van der Waals surface area contributed by atoms with Gasteiger partial charge in [0.15, 0.2) is 23.3 Å². The Kier molecular flexibility index (Phi) is 8.04. The second-order valence-corrected chi connectivity index (χ2v) is 13.3. The monoisotopic (exact) mass is 705 g/mol. The summed E-state index contributed by atoms with van der Waals surface area (Å²) in [7, 11) is 0. The van der Waals surface area contributed by atoms with Crippen molar-refractivity contribution >= 4 is 21.9 Å². The second kappa shape index (κ2) is 13.8. The van der Waals surface area contributed by atoms with Gasteiger partial charge in [-0.2, -0.15) is 0 Å². The van der Waals surface area contributed by atoms with E-state index in [1.54, 1.807) is 0 Å². The molecule has 0 atom stereocenters. The van der Waals surface area contributed by atoms with Crippen molar-refractivity contribution in [2.75, 3.05) is 0 Å². The zero-order valence-electron chi connectivity index (χ0n) is 29.5. The van der Waals surface area contributed by atoms with Crippen LogP contribution in [0.3, 0.4) is 0 Å². The fraction of sp³-hybridized carbons (Fsp3) is 0. The van der Waals surface area contributed by atoms with Crippen LogP contribution >= 0.6 is 0 Å². The molecule has 3 aromatic heterocycles. The summed E-state index contributed by atoms with van der Waals surface area (Å²) in [6.45, 7) is 0. The molecule has 0 N–H and O–H groups in total. The molecule has 3 heterocycles. The zero-order chi connectivity index (χ0) is 36.6. The molecular formula is C49H31N5O. The minimum absolute atomic E-state index is 0.579. The van der Waals surface area contributed by atoms with Crippen LogP contribution in [0.4, 0.5) is 0 Å². The van der Waals surface area contributed by atoms with Crippen molar-refractivity contribution in [2.24, 2.45) is 0 Å². The summed E-state index contributed by atoms with van der Waals surface area (Å²) in [6.07, 6.45) is 0. The molecule has 258 valence electrons. The lowest BCUT2D eigenvalue weighted by atomic mass is 10.00. The van der Waals surface area contributed by atoms with Gasteiger partial charge in [0.1, 0.15) is 11.2 Å². The van der Waals surface area contributed by atoms with Crippen LogP contribution in [0.5, 0.6) is 0 Å². The molecule has 0 fully saturated rings. The molecule has 0 amide bonds. The number of aromatic nitrogens is 5. The third-order valence-electron chi connectivity index (χ3n) is 9.77. The molecule has 0 saturated heterocycles. The Hall–Kier alpha value is -7.57. The van der Waals surface area contributed by atoms with Gasteiger partial charge in [-0.15, -0.1) is 0 Å². The van der Waals surface area contributed by atoms with E-state index in [9.17, 15) is 0 Å². The SMILES string of the molecule is c1ccc(-c2cc(-c3ccc(-c4cccc(-c5nc(-c6ccccc6)nc(-c6ccc7c(c6)oc6ccccc67)n5)c4)cc3)nc(-c3ccccc3)n2)cc1. The lowest BCUT2D eigenvalue weighted by Gasteiger charge is -2.11. The van der Waals surface area contributed by atoms with Crippen LogP contribution in [0.25, 0.3) is 101 Å². The third kappa shape index (κ3) is 6.32. The van der Waals surface area contributed by atoms with Crippen LogP contribution in [0.2, 0.25) is 0 Å². The van der Waals surface area contributed by atoms with E-state index in [0.29, 0.717) is 23.3 Å². The molecular weight excluding hydrogens is 675 g/mol. The quantitative estimate of drug-likeness (QED) is 0.164. The van der Waals surface area contributed by atoms with E-state index in [4.69, 9.17) is 29.3 Å². The maximum absolute atomic E-state index is 6.22. The Labute approximate surface area is 317 Å². The highest BCUT2D eigenvalue weighted by Gasteiger charge is 2.16. The molecule has 6 heteroatoms.